The van der Waals surface area contributed by atoms with Crippen molar-refractivity contribution in [2.24, 2.45) is 5.92 Å². The molecule has 1 N–H and O–H groups in total. The quantitative estimate of drug-likeness (QED) is 0.795. The molecule has 0 spiro atoms. The minimum atomic E-state index is 0.138. The van der Waals surface area contributed by atoms with Crippen molar-refractivity contribution in [1.29, 1.82) is 0 Å². The number of piperidine rings is 1. The van der Waals surface area contributed by atoms with E-state index in [9.17, 15) is 4.79 Å². The monoisotopic (exact) mass is 238 g/mol. The fourth-order valence-corrected chi connectivity index (χ4v) is 2.16. The Kier molecular flexibility index (Phi) is 4.08. The van der Waals surface area contributed by atoms with Crippen molar-refractivity contribution in [2.45, 2.75) is 25.8 Å². The van der Waals surface area contributed by atoms with Crippen LogP contribution in [0.5, 0.6) is 0 Å². The number of nitrogens with zero attached hydrogens (tertiary/aromatic N) is 4. The van der Waals surface area contributed by atoms with Gasteiger partial charge in [-0.25, -0.2) is 4.98 Å². The summed E-state index contributed by atoms with van der Waals surface area (Å²) in [6.07, 6.45) is 5.53. The second-order valence-electron chi connectivity index (χ2n) is 4.44. The first-order valence-electron chi connectivity index (χ1n) is 6.00. The van der Waals surface area contributed by atoms with Crippen molar-refractivity contribution in [1.82, 2.24) is 19.7 Å². The Morgan fingerprint density at radius 3 is 3.12 bits per heavy atom. The van der Waals surface area contributed by atoms with Gasteiger partial charge in [-0.05, 0) is 18.8 Å². The van der Waals surface area contributed by atoms with Crippen LogP contribution in [0.15, 0.2) is 12.7 Å². The number of rotatable bonds is 4. The average molecular weight is 238 g/mol. The third-order valence-electron chi connectivity index (χ3n) is 3.15. The van der Waals surface area contributed by atoms with Gasteiger partial charge in [0.05, 0.1) is 6.54 Å². The third-order valence-corrected chi connectivity index (χ3v) is 3.15. The van der Waals surface area contributed by atoms with Crippen LogP contribution in [0.2, 0.25) is 0 Å². The number of hydrogen-bond donors (Lipinski definition) is 1. The van der Waals surface area contributed by atoms with Gasteiger partial charge in [0, 0.05) is 26.1 Å². The molecule has 17 heavy (non-hydrogen) atoms. The predicted octanol–water partition coefficient (Wildman–Crippen LogP) is -0.101. The SMILES string of the molecule is O=C(CCn1cncn1)N1CCCC(CO)C1. The smallest absolute Gasteiger partial charge is 0.224 e. The summed E-state index contributed by atoms with van der Waals surface area (Å²) in [4.78, 5) is 17.6. The number of likely N-dealkylation sites (tertiary alicyclic amines) is 1. The molecule has 1 saturated heterocycles. The zero-order valence-electron chi connectivity index (χ0n) is 9.83. The summed E-state index contributed by atoms with van der Waals surface area (Å²) in [5.74, 6) is 0.387. The lowest BCUT2D eigenvalue weighted by Crippen LogP contribution is -2.41. The summed E-state index contributed by atoms with van der Waals surface area (Å²) in [6.45, 7) is 2.24. The fraction of sp³-hybridized carbons (Fsp3) is 0.727. The fourth-order valence-electron chi connectivity index (χ4n) is 2.16. The highest BCUT2D eigenvalue weighted by atomic mass is 16.3. The highest BCUT2D eigenvalue weighted by Gasteiger charge is 2.22. The first-order chi connectivity index (χ1) is 8.29. The largest absolute Gasteiger partial charge is 0.396 e. The van der Waals surface area contributed by atoms with Gasteiger partial charge in [0.2, 0.25) is 5.91 Å². The standard InChI is InChI=1S/C11H18N4O2/c16-7-10-2-1-4-14(6-10)11(17)3-5-15-9-12-8-13-15/h8-10,16H,1-7H2. The van der Waals surface area contributed by atoms with E-state index in [0.717, 1.165) is 19.4 Å². The Morgan fingerprint density at radius 2 is 2.41 bits per heavy atom. The molecule has 1 atom stereocenters. The third kappa shape index (κ3) is 3.26. The molecule has 0 bridgehead atoms. The number of aryl methyl sites for hydroxylation is 1. The van der Waals surface area contributed by atoms with Crippen LogP contribution in [-0.2, 0) is 11.3 Å². The van der Waals surface area contributed by atoms with Crippen molar-refractivity contribution in [2.75, 3.05) is 19.7 Å². The van der Waals surface area contributed by atoms with Gasteiger partial charge in [-0.2, -0.15) is 5.10 Å². The molecule has 1 fully saturated rings. The maximum atomic E-state index is 11.9. The van der Waals surface area contributed by atoms with E-state index in [0.29, 0.717) is 19.5 Å². The molecule has 0 aromatic carbocycles. The molecule has 2 heterocycles. The van der Waals surface area contributed by atoms with Crippen LogP contribution in [0.1, 0.15) is 19.3 Å². The zero-order chi connectivity index (χ0) is 12.1. The minimum Gasteiger partial charge on any atom is -0.396 e. The van der Waals surface area contributed by atoms with E-state index < -0.39 is 0 Å². The van der Waals surface area contributed by atoms with Gasteiger partial charge >= 0.3 is 0 Å². The van der Waals surface area contributed by atoms with E-state index in [1.165, 1.54) is 6.33 Å². The molecule has 1 aromatic rings. The predicted molar refractivity (Wildman–Crippen MR) is 61.0 cm³/mol. The number of aliphatic hydroxyl groups excluding tert-OH is 1. The van der Waals surface area contributed by atoms with Crippen LogP contribution in [-0.4, -0.2) is 50.4 Å². The lowest BCUT2D eigenvalue weighted by atomic mass is 9.99. The van der Waals surface area contributed by atoms with Gasteiger partial charge < -0.3 is 10.0 Å². The summed E-state index contributed by atoms with van der Waals surface area (Å²) >= 11 is 0. The average Bonchev–Trinajstić information content (AvgIpc) is 2.89. The molecule has 1 unspecified atom stereocenters. The summed E-state index contributed by atoms with van der Waals surface area (Å²) in [5, 5.41) is 13.1. The highest BCUT2D eigenvalue weighted by molar-refractivity contribution is 5.76. The Hall–Kier alpha value is -1.43. The highest BCUT2D eigenvalue weighted by Crippen LogP contribution is 2.16. The van der Waals surface area contributed by atoms with Crippen molar-refractivity contribution >= 4 is 5.91 Å². The molecular weight excluding hydrogens is 220 g/mol. The van der Waals surface area contributed by atoms with Gasteiger partial charge in [0.25, 0.3) is 0 Å². The molecule has 6 heteroatoms. The molecule has 1 amide bonds. The Labute approximate surface area is 100 Å². The Morgan fingerprint density at radius 1 is 1.53 bits per heavy atom. The summed E-state index contributed by atoms with van der Waals surface area (Å²) in [6, 6.07) is 0. The van der Waals surface area contributed by atoms with Crippen LogP contribution in [0, 0.1) is 5.92 Å². The Bertz CT molecular complexity index is 352. The molecular formula is C11H18N4O2. The van der Waals surface area contributed by atoms with E-state index in [1.54, 1.807) is 11.0 Å². The second-order valence-corrected chi connectivity index (χ2v) is 4.44. The van der Waals surface area contributed by atoms with Crippen LogP contribution in [0.4, 0.5) is 0 Å². The van der Waals surface area contributed by atoms with E-state index in [2.05, 4.69) is 10.1 Å². The lowest BCUT2D eigenvalue weighted by molar-refractivity contribution is -0.133. The first kappa shape index (κ1) is 12.0. The molecule has 0 aliphatic carbocycles. The molecule has 1 aliphatic heterocycles. The van der Waals surface area contributed by atoms with Gasteiger partial charge in [-0.15, -0.1) is 0 Å². The van der Waals surface area contributed by atoms with E-state index in [1.807, 2.05) is 4.90 Å². The zero-order valence-corrected chi connectivity index (χ0v) is 9.83. The van der Waals surface area contributed by atoms with Crippen molar-refractivity contribution in [3.63, 3.8) is 0 Å². The molecule has 1 aromatic heterocycles. The summed E-state index contributed by atoms with van der Waals surface area (Å²) in [7, 11) is 0. The topological polar surface area (TPSA) is 71.2 Å². The number of aromatic nitrogens is 3. The van der Waals surface area contributed by atoms with Gasteiger partial charge in [0.15, 0.2) is 0 Å². The number of amides is 1. The number of carbonyl (C=O) groups excluding carboxylic acids is 1. The first-order valence-corrected chi connectivity index (χ1v) is 6.00. The van der Waals surface area contributed by atoms with Crippen molar-refractivity contribution in [3.8, 4) is 0 Å². The number of carbonyl (C=O) groups is 1. The number of hydrogen-bond acceptors (Lipinski definition) is 4. The van der Waals surface area contributed by atoms with Crippen LogP contribution in [0.3, 0.4) is 0 Å². The number of aliphatic hydroxyl groups is 1. The summed E-state index contributed by atoms with van der Waals surface area (Å²) in [5.41, 5.74) is 0. The van der Waals surface area contributed by atoms with Crippen LogP contribution in [0.25, 0.3) is 0 Å². The van der Waals surface area contributed by atoms with Crippen molar-refractivity contribution in [3.05, 3.63) is 12.7 Å². The van der Waals surface area contributed by atoms with Gasteiger partial charge in [-0.1, -0.05) is 0 Å². The molecule has 6 nitrogen and oxygen atoms in total. The molecule has 1 aliphatic rings. The molecule has 2 rings (SSSR count). The minimum absolute atomic E-state index is 0.138. The second kappa shape index (κ2) is 5.77. The maximum absolute atomic E-state index is 11.9. The van der Waals surface area contributed by atoms with Gasteiger partial charge in [0.1, 0.15) is 12.7 Å². The van der Waals surface area contributed by atoms with Crippen molar-refractivity contribution < 1.29 is 9.90 Å². The Balaban J connectivity index is 1.79. The normalized spacial score (nSPS) is 20.5. The van der Waals surface area contributed by atoms with E-state index in [-0.39, 0.29) is 18.4 Å². The van der Waals surface area contributed by atoms with E-state index >= 15 is 0 Å². The lowest BCUT2D eigenvalue weighted by Gasteiger charge is -2.31. The van der Waals surface area contributed by atoms with E-state index in [4.69, 9.17) is 5.11 Å². The van der Waals surface area contributed by atoms with Crippen LogP contribution < -0.4 is 0 Å². The molecule has 94 valence electrons. The molecule has 0 radical (unpaired) electrons. The van der Waals surface area contributed by atoms with Gasteiger partial charge in [-0.3, -0.25) is 9.48 Å². The summed E-state index contributed by atoms with van der Waals surface area (Å²) < 4.78 is 1.66. The van der Waals surface area contributed by atoms with Crippen LogP contribution >= 0.6 is 0 Å². The maximum Gasteiger partial charge on any atom is 0.224 e. The molecule has 0 saturated carbocycles.